The van der Waals surface area contributed by atoms with Crippen LogP contribution in [0.3, 0.4) is 0 Å². The van der Waals surface area contributed by atoms with Crippen LogP contribution in [0.4, 0.5) is 18.9 Å². The smallest absolute Gasteiger partial charge is 0.429 e. The van der Waals surface area contributed by atoms with E-state index >= 15 is 0 Å². The highest BCUT2D eigenvalue weighted by molar-refractivity contribution is 6.36. The van der Waals surface area contributed by atoms with Gasteiger partial charge in [-0.1, -0.05) is 40.9 Å². The van der Waals surface area contributed by atoms with Gasteiger partial charge in [-0.2, -0.15) is 13.2 Å². The minimum atomic E-state index is -4.48. The van der Waals surface area contributed by atoms with Crippen molar-refractivity contribution in [2.75, 3.05) is 11.4 Å². The van der Waals surface area contributed by atoms with Gasteiger partial charge in [0.15, 0.2) is 0 Å². The Balaban J connectivity index is 1.99. The fraction of sp³-hybridized carbons (Fsp3) is 0.200. The Morgan fingerprint density at radius 3 is 2.57 bits per heavy atom. The Morgan fingerprint density at radius 2 is 1.87 bits per heavy atom. The van der Waals surface area contributed by atoms with Crippen molar-refractivity contribution in [1.29, 1.82) is 0 Å². The van der Waals surface area contributed by atoms with Gasteiger partial charge in [-0.15, -0.1) is 0 Å². The van der Waals surface area contributed by atoms with Crippen LogP contribution in [0.15, 0.2) is 40.5 Å². The molecule has 0 N–H and O–H groups in total. The fourth-order valence-corrected chi connectivity index (χ4v) is 2.94. The highest BCUT2D eigenvalue weighted by Gasteiger charge is 2.41. The van der Waals surface area contributed by atoms with Crippen molar-refractivity contribution in [1.82, 2.24) is 0 Å². The number of ether oxygens (including phenoxy) is 1. The molecule has 3 rings (SSSR count). The first-order valence-corrected chi connectivity index (χ1v) is 7.63. The molecule has 1 unspecified atom stereocenters. The summed E-state index contributed by atoms with van der Waals surface area (Å²) in [6.07, 6.45) is -0.949. The largest absolute Gasteiger partial charge is 0.476 e. The van der Waals surface area contributed by atoms with Crippen LogP contribution in [0, 0.1) is 0 Å². The standard InChI is InChI=1S/C15H9Cl3F3NO/c16-9-2-4-14(18)22(7-9)11-6-12-8(5-10(11)17)1-3-13(23-12)15(19,20)21/h1-6,13H,7H2. The number of benzene rings is 1. The van der Waals surface area contributed by atoms with Gasteiger partial charge in [0.1, 0.15) is 10.9 Å². The van der Waals surface area contributed by atoms with E-state index in [0.717, 1.165) is 6.08 Å². The molecular weight excluding hydrogens is 374 g/mol. The molecule has 0 aliphatic carbocycles. The summed E-state index contributed by atoms with van der Waals surface area (Å²) in [5.41, 5.74) is 0.896. The molecule has 0 saturated carbocycles. The SMILES string of the molecule is FC(F)(F)C1C=Cc2cc(Cl)c(N3CC(Cl)=CC=C3Cl)cc2O1. The van der Waals surface area contributed by atoms with E-state index in [1.807, 2.05) is 0 Å². The summed E-state index contributed by atoms with van der Waals surface area (Å²) >= 11 is 18.3. The first-order valence-electron chi connectivity index (χ1n) is 6.50. The molecule has 8 heteroatoms. The average Bonchev–Trinajstić information content (AvgIpc) is 2.48. The van der Waals surface area contributed by atoms with Gasteiger partial charge >= 0.3 is 6.18 Å². The van der Waals surface area contributed by atoms with Crippen LogP contribution in [0.5, 0.6) is 5.75 Å². The Hall–Kier alpha value is -1.30. The van der Waals surface area contributed by atoms with Crippen LogP contribution in [-0.2, 0) is 0 Å². The van der Waals surface area contributed by atoms with Gasteiger partial charge in [0.25, 0.3) is 0 Å². The summed E-state index contributed by atoms with van der Waals surface area (Å²) in [6, 6.07) is 2.97. The van der Waals surface area contributed by atoms with E-state index in [4.69, 9.17) is 39.5 Å². The topological polar surface area (TPSA) is 12.5 Å². The summed E-state index contributed by atoms with van der Waals surface area (Å²) in [6.45, 7) is 0.272. The first-order chi connectivity index (χ1) is 10.8. The molecule has 0 aromatic heterocycles. The molecule has 1 atom stereocenters. The molecule has 0 bridgehead atoms. The van der Waals surface area contributed by atoms with E-state index in [2.05, 4.69) is 0 Å². The third-order valence-corrected chi connectivity index (χ3v) is 4.24. The number of hydrogen-bond acceptors (Lipinski definition) is 2. The van der Waals surface area contributed by atoms with Crippen LogP contribution in [0.25, 0.3) is 6.08 Å². The molecule has 1 aromatic rings. The van der Waals surface area contributed by atoms with Crippen molar-refractivity contribution >= 4 is 46.6 Å². The predicted octanol–water partition coefficient (Wildman–Crippen LogP) is 5.70. The first kappa shape index (κ1) is 16.6. The molecule has 0 saturated heterocycles. The molecule has 23 heavy (non-hydrogen) atoms. The second-order valence-corrected chi connectivity index (χ2v) is 6.25. The van der Waals surface area contributed by atoms with E-state index in [1.165, 1.54) is 18.2 Å². The molecule has 0 fully saturated rings. The van der Waals surface area contributed by atoms with Crippen molar-refractivity contribution in [2.24, 2.45) is 0 Å². The van der Waals surface area contributed by atoms with E-state index in [-0.39, 0.29) is 12.3 Å². The van der Waals surface area contributed by atoms with Crippen molar-refractivity contribution in [3.05, 3.63) is 51.1 Å². The normalized spacial score (nSPS) is 20.6. The summed E-state index contributed by atoms with van der Waals surface area (Å²) < 4.78 is 43.5. The number of nitrogens with zero attached hydrogens (tertiary/aromatic N) is 1. The minimum absolute atomic E-state index is 0.0874. The van der Waals surface area contributed by atoms with Crippen molar-refractivity contribution in [3.63, 3.8) is 0 Å². The molecule has 0 amide bonds. The Kier molecular flexibility index (Phi) is 4.29. The lowest BCUT2D eigenvalue weighted by Gasteiger charge is -2.29. The molecule has 122 valence electrons. The van der Waals surface area contributed by atoms with Crippen molar-refractivity contribution < 1.29 is 17.9 Å². The highest BCUT2D eigenvalue weighted by atomic mass is 35.5. The lowest BCUT2D eigenvalue weighted by molar-refractivity contribution is -0.180. The van der Waals surface area contributed by atoms with E-state index in [9.17, 15) is 13.2 Å². The second-order valence-electron chi connectivity index (χ2n) is 4.97. The number of halogens is 6. The number of allylic oxidation sites excluding steroid dienone is 2. The van der Waals surface area contributed by atoms with Gasteiger partial charge in [0.05, 0.1) is 17.3 Å². The summed E-state index contributed by atoms with van der Waals surface area (Å²) in [5.74, 6) is 0.0874. The molecular formula is C15H9Cl3F3NO. The van der Waals surface area contributed by atoms with Gasteiger partial charge in [0, 0.05) is 16.7 Å². The predicted molar refractivity (Wildman–Crippen MR) is 86.2 cm³/mol. The molecule has 1 aromatic carbocycles. The highest BCUT2D eigenvalue weighted by Crippen LogP contribution is 2.41. The monoisotopic (exact) mass is 381 g/mol. The quantitative estimate of drug-likeness (QED) is 0.578. The Bertz CT molecular complexity index is 740. The Morgan fingerprint density at radius 1 is 1.13 bits per heavy atom. The molecule has 2 aliphatic heterocycles. The third-order valence-electron chi connectivity index (χ3n) is 3.37. The van der Waals surface area contributed by atoms with Crippen molar-refractivity contribution in [2.45, 2.75) is 12.3 Å². The van der Waals surface area contributed by atoms with Crippen LogP contribution in [-0.4, -0.2) is 18.8 Å². The van der Waals surface area contributed by atoms with Gasteiger partial charge in [-0.05, 0) is 24.3 Å². The maximum Gasteiger partial charge on any atom is 0.429 e. The van der Waals surface area contributed by atoms with Crippen molar-refractivity contribution in [3.8, 4) is 5.75 Å². The Labute approximate surface area is 145 Å². The van der Waals surface area contributed by atoms with Crippen LogP contribution in [0.2, 0.25) is 5.02 Å². The average molecular weight is 383 g/mol. The zero-order valence-corrected chi connectivity index (χ0v) is 13.6. The van der Waals surface area contributed by atoms with Crippen LogP contribution >= 0.6 is 34.8 Å². The van der Waals surface area contributed by atoms with E-state index < -0.39 is 12.3 Å². The number of rotatable bonds is 1. The zero-order chi connectivity index (χ0) is 16.8. The third kappa shape index (κ3) is 3.32. The fourth-order valence-electron chi connectivity index (χ4n) is 2.27. The molecule has 0 spiro atoms. The van der Waals surface area contributed by atoms with Crippen LogP contribution < -0.4 is 9.64 Å². The zero-order valence-electron chi connectivity index (χ0n) is 11.4. The van der Waals surface area contributed by atoms with Gasteiger partial charge in [-0.25, -0.2) is 0 Å². The number of hydrogen-bond donors (Lipinski definition) is 0. The molecule has 2 nitrogen and oxygen atoms in total. The molecule has 2 heterocycles. The number of alkyl halides is 3. The maximum absolute atomic E-state index is 12.8. The molecule has 0 radical (unpaired) electrons. The van der Waals surface area contributed by atoms with Gasteiger partial charge < -0.3 is 9.64 Å². The van der Waals surface area contributed by atoms with Crippen LogP contribution in [0.1, 0.15) is 5.56 Å². The maximum atomic E-state index is 12.8. The van der Waals surface area contributed by atoms with E-state index in [1.54, 1.807) is 17.1 Å². The van der Waals surface area contributed by atoms with Gasteiger partial charge in [0.2, 0.25) is 6.10 Å². The minimum Gasteiger partial charge on any atom is -0.476 e. The lowest BCUT2D eigenvalue weighted by Crippen LogP contribution is -2.34. The summed E-state index contributed by atoms with van der Waals surface area (Å²) in [5, 5.41) is 1.22. The summed E-state index contributed by atoms with van der Waals surface area (Å²) in [4.78, 5) is 1.59. The summed E-state index contributed by atoms with van der Waals surface area (Å²) in [7, 11) is 0. The van der Waals surface area contributed by atoms with Gasteiger partial charge in [-0.3, -0.25) is 0 Å². The molecule has 2 aliphatic rings. The number of anilines is 1. The van der Waals surface area contributed by atoms with E-state index in [0.29, 0.717) is 26.5 Å². The second kappa shape index (κ2) is 5.96. The number of fused-ring (bicyclic) bond motifs is 1. The lowest BCUT2D eigenvalue weighted by atomic mass is 10.1.